The summed E-state index contributed by atoms with van der Waals surface area (Å²) in [6, 6.07) is 5.90. The molecule has 3 aromatic rings. The van der Waals surface area contributed by atoms with Gasteiger partial charge in [-0.3, -0.25) is 9.35 Å². The number of rotatable bonds is 8. The van der Waals surface area contributed by atoms with E-state index in [1.54, 1.807) is 17.8 Å². The largest absolute Gasteiger partial charge is 0.493 e. The molecule has 0 amide bonds. The molecule has 0 bridgehead atoms. The Morgan fingerprint density at radius 1 is 1.34 bits per heavy atom. The predicted molar refractivity (Wildman–Crippen MR) is 114 cm³/mol. The lowest BCUT2D eigenvalue weighted by atomic mass is 9.93. The molecular formula is C21H25N3O4S. The zero-order valence-electron chi connectivity index (χ0n) is 16.5. The average molecular weight is 416 g/mol. The number of hydrogen-bond donors (Lipinski definition) is 3. The van der Waals surface area contributed by atoms with E-state index >= 15 is 0 Å². The Balaban J connectivity index is 1.82. The van der Waals surface area contributed by atoms with Crippen molar-refractivity contribution in [1.29, 1.82) is 0 Å². The topological polar surface area (TPSA) is 96.3 Å². The Bertz CT molecular complexity index is 1130. The van der Waals surface area contributed by atoms with E-state index in [0.717, 1.165) is 33.4 Å². The van der Waals surface area contributed by atoms with Crippen molar-refractivity contribution in [3.05, 3.63) is 52.1 Å². The molecule has 0 aliphatic heterocycles. The minimum atomic E-state index is -2.03. The second-order valence-corrected chi connectivity index (χ2v) is 8.38. The van der Waals surface area contributed by atoms with Gasteiger partial charge in [0.15, 0.2) is 0 Å². The van der Waals surface area contributed by atoms with Crippen molar-refractivity contribution < 1.29 is 13.5 Å². The molecule has 0 spiro atoms. The molecule has 3 N–H and O–H groups in total. The summed E-state index contributed by atoms with van der Waals surface area (Å²) in [5.74, 6) is 1.43. The van der Waals surface area contributed by atoms with Crippen LogP contribution in [-0.4, -0.2) is 31.5 Å². The fourth-order valence-corrected chi connectivity index (χ4v) is 3.97. The van der Waals surface area contributed by atoms with Crippen LogP contribution in [0.15, 0.2) is 35.4 Å². The third kappa shape index (κ3) is 4.14. The molecule has 2 aromatic heterocycles. The van der Waals surface area contributed by atoms with Gasteiger partial charge in [-0.05, 0) is 55.4 Å². The zero-order chi connectivity index (χ0) is 20.5. The third-order valence-electron chi connectivity index (χ3n) is 5.49. The van der Waals surface area contributed by atoms with Crippen LogP contribution in [0.3, 0.4) is 0 Å². The Morgan fingerprint density at radius 2 is 2.14 bits per heavy atom. The normalized spacial score (nSPS) is 15.0. The molecule has 1 saturated carbocycles. The zero-order valence-corrected chi connectivity index (χ0v) is 17.3. The molecule has 7 nitrogen and oxygen atoms in total. The number of aromatic amines is 1. The monoisotopic (exact) mass is 415 g/mol. The first-order valence-electron chi connectivity index (χ1n) is 9.72. The maximum absolute atomic E-state index is 12.5. The molecular weight excluding hydrogens is 390 g/mol. The van der Waals surface area contributed by atoms with E-state index in [9.17, 15) is 9.00 Å². The average Bonchev–Trinajstić information content (AvgIpc) is 3.38. The lowest BCUT2D eigenvalue weighted by Crippen LogP contribution is -2.19. The predicted octanol–water partition coefficient (Wildman–Crippen LogP) is 2.90. The molecule has 8 heteroatoms. The highest BCUT2D eigenvalue weighted by atomic mass is 32.2. The Hall–Kier alpha value is -2.42. The van der Waals surface area contributed by atoms with Crippen LogP contribution in [0, 0.1) is 12.8 Å². The van der Waals surface area contributed by atoms with Gasteiger partial charge >= 0.3 is 0 Å². The van der Waals surface area contributed by atoms with E-state index in [-0.39, 0.29) is 5.56 Å². The number of aryl methyl sites for hydroxylation is 1. The second-order valence-electron chi connectivity index (χ2n) is 7.60. The molecule has 1 fully saturated rings. The number of fused-ring (bicyclic) bond motifs is 1. The van der Waals surface area contributed by atoms with E-state index in [1.807, 2.05) is 31.3 Å². The lowest BCUT2D eigenvalue weighted by Gasteiger charge is -2.19. The van der Waals surface area contributed by atoms with E-state index in [1.165, 1.54) is 12.8 Å². The summed E-state index contributed by atoms with van der Waals surface area (Å²) in [7, 11) is 1.75. The summed E-state index contributed by atoms with van der Waals surface area (Å²) in [6.45, 7) is 3.12. The number of nitrogens with one attached hydrogen (secondary N) is 2. The van der Waals surface area contributed by atoms with Crippen molar-refractivity contribution >= 4 is 22.2 Å². The fraction of sp³-hybridized carbons (Fsp3) is 0.381. The van der Waals surface area contributed by atoms with E-state index in [2.05, 4.69) is 9.71 Å². The van der Waals surface area contributed by atoms with Crippen LogP contribution in [0.5, 0.6) is 5.75 Å². The second kappa shape index (κ2) is 8.14. The summed E-state index contributed by atoms with van der Waals surface area (Å²) in [5, 5.41) is 0.860. The summed E-state index contributed by atoms with van der Waals surface area (Å²) in [5.41, 5.74) is 4.51. The van der Waals surface area contributed by atoms with Crippen LogP contribution in [-0.2, 0) is 24.7 Å². The van der Waals surface area contributed by atoms with Gasteiger partial charge in [-0.2, -0.15) is 0 Å². The maximum atomic E-state index is 12.5. The first-order chi connectivity index (χ1) is 14.0. The molecule has 0 saturated heterocycles. The number of ether oxygens (including phenoxy) is 1. The summed E-state index contributed by atoms with van der Waals surface area (Å²) >= 11 is -2.03. The number of pyridine rings is 1. The highest BCUT2D eigenvalue weighted by Gasteiger charge is 2.24. The number of hydrogen-bond acceptors (Lipinski definition) is 3. The van der Waals surface area contributed by atoms with Gasteiger partial charge in [0, 0.05) is 42.5 Å². The number of nitrogens with zero attached hydrogens (tertiary/aromatic N) is 1. The highest BCUT2D eigenvalue weighted by Crippen LogP contribution is 2.39. The van der Waals surface area contributed by atoms with Gasteiger partial charge in [0.05, 0.1) is 6.61 Å². The first kappa shape index (κ1) is 19.9. The van der Waals surface area contributed by atoms with Crippen molar-refractivity contribution in [2.45, 2.75) is 26.2 Å². The van der Waals surface area contributed by atoms with Crippen molar-refractivity contribution in [2.75, 3.05) is 13.2 Å². The van der Waals surface area contributed by atoms with Crippen LogP contribution in [0.1, 0.15) is 24.0 Å². The van der Waals surface area contributed by atoms with E-state index in [4.69, 9.17) is 9.29 Å². The van der Waals surface area contributed by atoms with Crippen LogP contribution in [0.4, 0.5) is 0 Å². The molecule has 29 heavy (non-hydrogen) atoms. The molecule has 154 valence electrons. The van der Waals surface area contributed by atoms with Crippen LogP contribution < -0.4 is 15.0 Å². The Labute approximate surface area is 171 Å². The number of aromatic nitrogens is 2. The van der Waals surface area contributed by atoms with Crippen LogP contribution in [0.2, 0.25) is 0 Å². The molecule has 2 heterocycles. The third-order valence-corrected chi connectivity index (χ3v) is 5.94. The summed E-state index contributed by atoms with van der Waals surface area (Å²) < 4.78 is 30.2. The lowest BCUT2D eigenvalue weighted by molar-refractivity contribution is 0.301. The van der Waals surface area contributed by atoms with Crippen LogP contribution in [0.25, 0.3) is 22.0 Å². The SMILES string of the molecule is Cc1c(CCNS(=O)O)ccc(OCC2CC2)c1-c1cn(C)c(=O)c2[nH]ccc12. The van der Waals surface area contributed by atoms with Gasteiger partial charge < -0.3 is 14.3 Å². The Kier molecular flexibility index (Phi) is 5.58. The standard InChI is InChI=1S/C21H25N3O4S/c1-13-15(7-10-23-29(26)27)5-6-18(28-12-14-3-4-14)19(13)17-11-24(2)21(25)20-16(17)8-9-22-20/h5-6,8-9,11,14,22-23H,3-4,7,10,12H2,1-2H3,(H,26,27). The summed E-state index contributed by atoms with van der Waals surface area (Å²) in [4.78, 5) is 15.5. The molecule has 1 aromatic carbocycles. The minimum Gasteiger partial charge on any atom is -0.493 e. The van der Waals surface area contributed by atoms with Crippen molar-refractivity contribution in [1.82, 2.24) is 14.3 Å². The van der Waals surface area contributed by atoms with E-state index < -0.39 is 11.3 Å². The molecule has 1 unspecified atom stereocenters. The molecule has 1 aliphatic rings. The highest BCUT2D eigenvalue weighted by molar-refractivity contribution is 7.77. The van der Waals surface area contributed by atoms with Crippen molar-refractivity contribution in [2.24, 2.45) is 13.0 Å². The van der Waals surface area contributed by atoms with Gasteiger partial charge in [-0.15, -0.1) is 0 Å². The van der Waals surface area contributed by atoms with Gasteiger partial charge in [-0.1, -0.05) is 6.07 Å². The maximum Gasteiger partial charge on any atom is 0.274 e. The molecule has 0 radical (unpaired) electrons. The van der Waals surface area contributed by atoms with Gasteiger partial charge in [0.2, 0.25) is 11.3 Å². The molecule has 1 aliphatic carbocycles. The first-order valence-corrected chi connectivity index (χ1v) is 10.8. The Morgan fingerprint density at radius 3 is 2.86 bits per heavy atom. The van der Waals surface area contributed by atoms with Crippen LogP contribution >= 0.6 is 0 Å². The quantitative estimate of drug-likeness (QED) is 0.493. The fourth-order valence-electron chi connectivity index (χ4n) is 3.69. The van der Waals surface area contributed by atoms with E-state index in [0.29, 0.717) is 31.0 Å². The number of H-pyrrole nitrogens is 1. The number of benzene rings is 1. The minimum absolute atomic E-state index is 0.0716. The molecule has 4 rings (SSSR count). The van der Waals surface area contributed by atoms with Gasteiger partial charge in [0.1, 0.15) is 11.3 Å². The molecule has 1 atom stereocenters. The van der Waals surface area contributed by atoms with Gasteiger partial charge in [0.25, 0.3) is 5.56 Å². The smallest absolute Gasteiger partial charge is 0.274 e. The van der Waals surface area contributed by atoms with Gasteiger partial charge in [-0.25, -0.2) is 8.93 Å². The summed E-state index contributed by atoms with van der Waals surface area (Å²) in [6.07, 6.45) is 6.65. The van der Waals surface area contributed by atoms with Crippen molar-refractivity contribution in [3.63, 3.8) is 0 Å². The van der Waals surface area contributed by atoms with Crippen molar-refractivity contribution in [3.8, 4) is 16.9 Å².